The highest BCUT2D eigenvalue weighted by atomic mass is 16.1. The summed E-state index contributed by atoms with van der Waals surface area (Å²) in [5.41, 5.74) is 6.54. The third-order valence-corrected chi connectivity index (χ3v) is 3.33. The van der Waals surface area contributed by atoms with Crippen molar-refractivity contribution in [2.45, 2.75) is 27.7 Å². The van der Waals surface area contributed by atoms with Crippen LogP contribution in [0.25, 0.3) is 0 Å². The molecule has 0 aromatic carbocycles. The second-order valence-corrected chi connectivity index (χ2v) is 5.32. The second kappa shape index (κ2) is 6.38. The quantitative estimate of drug-likeness (QED) is 0.814. The van der Waals surface area contributed by atoms with Crippen LogP contribution >= 0.6 is 0 Å². The smallest absolute Gasteiger partial charge is 0.252 e. The lowest BCUT2D eigenvalue weighted by Crippen LogP contribution is -2.25. The third kappa shape index (κ3) is 3.72. The predicted octanol–water partition coefficient (Wildman–Crippen LogP) is 2.52. The molecule has 0 saturated heterocycles. The van der Waals surface area contributed by atoms with Crippen LogP contribution in [0.2, 0.25) is 0 Å². The third-order valence-electron chi connectivity index (χ3n) is 3.33. The number of carbonyl (C=O) groups is 1. The highest BCUT2D eigenvalue weighted by Gasteiger charge is 2.18. The summed E-state index contributed by atoms with van der Waals surface area (Å²) in [4.78, 5) is 15.2. The van der Waals surface area contributed by atoms with Crippen LogP contribution in [0.15, 0.2) is 18.5 Å². The number of nitrogens with zero attached hydrogens (tertiary/aromatic N) is 1. The Balaban J connectivity index is 2.76. The molecule has 0 saturated carbocycles. The summed E-state index contributed by atoms with van der Waals surface area (Å²) in [6, 6.07) is 1.79. The molecule has 0 spiro atoms. The Hall–Kier alpha value is -1.58. The first-order chi connectivity index (χ1) is 8.43. The average Bonchev–Trinajstić information content (AvgIpc) is 2.28. The molecule has 0 bridgehead atoms. The van der Waals surface area contributed by atoms with Crippen molar-refractivity contribution in [2.75, 3.05) is 11.9 Å². The number of nitrogens with two attached hydrogens (primary N) is 1. The van der Waals surface area contributed by atoms with Gasteiger partial charge in [0.1, 0.15) is 0 Å². The molecule has 4 heteroatoms. The van der Waals surface area contributed by atoms with E-state index in [-0.39, 0.29) is 0 Å². The molecular weight excluding hydrogens is 226 g/mol. The molecule has 0 aliphatic rings. The van der Waals surface area contributed by atoms with Gasteiger partial charge in [-0.1, -0.05) is 27.7 Å². The van der Waals surface area contributed by atoms with E-state index in [9.17, 15) is 4.79 Å². The van der Waals surface area contributed by atoms with Crippen LogP contribution in [0.1, 0.15) is 38.1 Å². The zero-order chi connectivity index (χ0) is 13.7. The second-order valence-electron chi connectivity index (χ2n) is 5.32. The minimum absolute atomic E-state index is 0.448. The number of hydrogen-bond donors (Lipinski definition) is 2. The number of primary amides is 1. The maximum absolute atomic E-state index is 11.3. The summed E-state index contributed by atoms with van der Waals surface area (Å²) in [7, 11) is 0. The van der Waals surface area contributed by atoms with E-state index < -0.39 is 5.91 Å². The lowest BCUT2D eigenvalue weighted by Gasteiger charge is -2.25. The van der Waals surface area contributed by atoms with Crippen LogP contribution in [-0.4, -0.2) is 17.4 Å². The molecule has 0 atom stereocenters. The minimum Gasteiger partial charge on any atom is -0.384 e. The molecule has 0 unspecified atom stereocenters. The number of aromatic nitrogens is 1. The highest BCUT2D eigenvalue weighted by molar-refractivity contribution is 5.98. The first-order valence-corrected chi connectivity index (χ1v) is 6.41. The van der Waals surface area contributed by atoms with E-state index in [1.807, 2.05) is 0 Å². The number of carbonyl (C=O) groups excluding carboxylic acids is 1. The van der Waals surface area contributed by atoms with Crippen LogP contribution in [-0.2, 0) is 0 Å². The monoisotopic (exact) mass is 249 g/mol. The molecule has 0 fully saturated rings. The van der Waals surface area contributed by atoms with E-state index in [2.05, 4.69) is 38.0 Å². The van der Waals surface area contributed by atoms with Gasteiger partial charge in [-0.2, -0.15) is 0 Å². The maximum Gasteiger partial charge on any atom is 0.252 e. The van der Waals surface area contributed by atoms with Crippen molar-refractivity contribution in [3.8, 4) is 0 Å². The van der Waals surface area contributed by atoms with Gasteiger partial charge in [0.2, 0.25) is 0 Å². The highest BCUT2D eigenvalue weighted by Crippen LogP contribution is 2.22. The number of pyridine rings is 1. The maximum atomic E-state index is 11.3. The van der Waals surface area contributed by atoms with Crippen molar-refractivity contribution in [1.29, 1.82) is 0 Å². The Morgan fingerprint density at radius 3 is 2.44 bits per heavy atom. The fourth-order valence-corrected chi connectivity index (χ4v) is 2.21. The van der Waals surface area contributed by atoms with Crippen molar-refractivity contribution >= 4 is 11.6 Å². The molecule has 0 aliphatic carbocycles. The molecule has 18 heavy (non-hydrogen) atoms. The minimum atomic E-state index is -0.448. The lowest BCUT2D eigenvalue weighted by molar-refractivity contribution is 0.100. The molecule has 3 N–H and O–H groups in total. The normalized spacial score (nSPS) is 11.3. The van der Waals surface area contributed by atoms with Crippen LogP contribution < -0.4 is 11.1 Å². The zero-order valence-electron chi connectivity index (χ0n) is 11.6. The Morgan fingerprint density at radius 2 is 1.94 bits per heavy atom. The van der Waals surface area contributed by atoms with Gasteiger partial charge in [0.15, 0.2) is 0 Å². The molecule has 1 amide bonds. The molecule has 100 valence electrons. The number of nitrogens with one attached hydrogen (secondary N) is 1. The number of amides is 1. The van der Waals surface area contributed by atoms with Crippen LogP contribution in [0, 0.1) is 17.8 Å². The van der Waals surface area contributed by atoms with Gasteiger partial charge in [-0.3, -0.25) is 9.78 Å². The van der Waals surface area contributed by atoms with E-state index in [1.165, 1.54) is 6.20 Å². The van der Waals surface area contributed by atoms with Gasteiger partial charge in [-0.15, -0.1) is 0 Å². The molecule has 0 radical (unpaired) electrons. The van der Waals surface area contributed by atoms with Gasteiger partial charge in [-0.05, 0) is 23.8 Å². The van der Waals surface area contributed by atoms with E-state index in [0.717, 1.165) is 12.2 Å². The molecular formula is C14H23N3O. The molecule has 1 aromatic heterocycles. The summed E-state index contributed by atoms with van der Waals surface area (Å²) in [5, 5.41) is 3.32. The van der Waals surface area contributed by atoms with Gasteiger partial charge in [-0.25, -0.2) is 0 Å². The number of hydrogen-bond acceptors (Lipinski definition) is 3. The average molecular weight is 249 g/mol. The predicted molar refractivity (Wildman–Crippen MR) is 74.4 cm³/mol. The van der Waals surface area contributed by atoms with Crippen LogP contribution in [0.3, 0.4) is 0 Å². The fourth-order valence-electron chi connectivity index (χ4n) is 2.21. The van der Waals surface area contributed by atoms with Crippen molar-refractivity contribution in [3.63, 3.8) is 0 Å². The van der Waals surface area contributed by atoms with Crippen molar-refractivity contribution < 1.29 is 4.79 Å². The summed E-state index contributed by atoms with van der Waals surface area (Å²) < 4.78 is 0. The van der Waals surface area contributed by atoms with E-state index in [4.69, 9.17) is 5.73 Å². The van der Waals surface area contributed by atoms with E-state index >= 15 is 0 Å². The molecule has 0 aliphatic heterocycles. The van der Waals surface area contributed by atoms with E-state index in [1.54, 1.807) is 12.3 Å². The first kappa shape index (κ1) is 14.5. The lowest BCUT2D eigenvalue weighted by atomic mass is 9.85. The number of anilines is 1. The van der Waals surface area contributed by atoms with Gasteiger partial charge in [0, 0.05) is 18.9 Å². The SMILES string of the molecule is CC(C)C(CNc1ccncc1C(N)=O)C(C)C. The molecule has 4 nitrogen and oxygen atoms in total. The summed E-state index contributed by atoms with van der Waals surface area (Å²) in [6.07, 6.45) is 3.17. The van der Waals surface area contributed by atoms with Crippen molar-refractivity contribution in [1.82, 2.24) is 4.98 Å². The van der Waals surface area contributed by atoms with Gasteiger partial charge < -0.3 is 11.1 Å². The topological polar surface area (TPSA) is 68.0 Å². The standard InChI is InChI=1S/C14H23N3O/c1-9(2)11(10(3)4)8-17-13-5-6-16-7-12(13)14(15)18/h5-7,9-11H,8H2,1-4H3,(H2,15,18)(H,16,17). The van der Waals surface area contributed by atoms with Crippen LogP contribution in [0.4, 0.5) is 5.69 Å². The van der Waals surface area contributed by atoms with Crippen molar-refractivity contribution in [2.24, 2.45) is 23.5 Å². The van der Waals surface area contributed by atoms with E-state index in [0.29, 0.717) is 23.3 Å². The Bertz CT molecular complexity index is 394. The van der Waals surface area contributed by atoms with Gasteiger partial charge in [0.05, 0.1) is 11.3 Å². The van der Waals surface area contributed by atoms with Gasteiger partial charge in [0.25, 0.3) is 5.91 Å². The number of rotatable bonds is 6. The first-order valence-electron chi connectivity index (χ1n) is 6.41. The van der Waals surface area contributed by atoms with Crippen LogP contribution in [0.5, 0.6) is 0 Å². The fraction of sp³-hybridized carbons (Fsp3) is 0.571. The van der Waals surface area contributed by atoms with Gasteiger partial charge >= 0.3 is 0 Å². The largest absolute Gasteiger partial charge is 0.384 e. The Labute approximate surface area is 109 Å². The Kier molecular flexibility index (Phi) is 5.13. The molecule has 1 aromatic rings. The zero-order valence-corrected chi connectivity index (χ0v) is 11.6. The summed E-state index contributed by atoms with van der Waals surface area (Å²) in [5.74, 6) is 1.29. The molecule has 1 rings (SSSR count). The summed E-state index contributed by atoms with van der Waals surface area (Å²) in [6.45, 7) is 9.70. The molecule has 1 heterocycles. The Morgan fingerprint density at radius 1 is 1.33 bits per heavy atom. The van der Waals surface area contributed by atoms with Crippen molar-refractivity contribution in [3.05, 3.63) is 24.0 Å². The summed E-state index contributed by atoms with van der Waals surface area (Å²) >= 11 is 0.